The van der Waals surface area contributed by atoms with Crippen molar-refractivity contribution in [2.24, 2.45) is 5.73 Å². The summed E-state index contributed by atoms with van der Waals surface area (Å²) in [7, 11) is 0. The molecule has 0 bridgehead atoms. The van der Waals surface area contributed by atoms with Crippen molar-refractivity contribution in [2.45, 2.75) is 13.3 Å². The highest BCUT2D eigenvalue weighted by atomic mass is 32.1. The van der Waals surface area contributed by atoms with E-state index in [0.29, 0.717) is 23.1 Å². The quantitative estimate of drug-likeness (QED) is 0.648. The molecule has 26 heavy (non-hydrogen) atoms. The maximum atomic E-state index is 12.5. The van der Waals surface area contributed by atoms with Gasteiger partial charge in [-0.15, -0.1) is 11.3 Å². The van der Waals surface area contributed by atoms with Gasteiger partial charge in [0.1, 0.15) is 11.4 Å². The number of nitrogens with two attached hydrogens (primary N) is 1. The highest BCUT2D eigenvalue weighted by molar-refractivity contribution is 7.12. The van der Waals surface area contributed by atoms with Gasteiger partial charge in [-0.25, -0.2) is 14.8 Å². The van der Waals surface area contributed by atoms with Gasteiger partial charge in [0.05, 0.1) is 5.39 Å². The molecule has 0 radical (unpaired) electrons. The van der Waals surface area contributed by atoms with Crippen molar-refractivity contribution in [3.05, 3.63) is 45.7 Å². The maximum Gasteiger partial charge on any atom is 0.341 e. The highest BCUT2D eigenvalue weighted by Crippen LogP contribution is 2.21. The summed E-state index contributed by atoms with van der Waals surface area (Å²) in [6.07, 6.45) is 3.73. The first-order valence-corrected chi connectivity index (χ1v) is 9.09. The number of carboxylic acids is 1. The first-order valence-electron chi connectivity index (χ1n) is 8.21. The number of anilines is 1. The Morgan fingerprint density at radius 1 is 1.42 bits per heavy atom. The molecular formula is C17H19N5O3S. The summed E-state index contributed by atoms with van der Waals surface area (Å²) in [4.78, 5) is 34.9. The van der Waals surface area contributed by atoms with Crippen molar-refractivity contribution in [3.63, 3.8) is 0 Å². The fourth-order valence-corrected chi connectivity index (χ4v) is 3.34. The van der Waals surface area contributed by atoms with Gasteiger partial charge in [0.15, 0.2) is 10.8 Å². The van der Waals surface area contributed by atoms with E-state index in [-0.39, 0.29) is 10.9 Å². The molecule has 3 N–H and O–H groups in total. The van der Waals surface area contributed by atoms with Gasteiger partial charge in [-0.3, -0.25) is 9.36 Å². The zero-order valence-corrected chi connectivity index (χ0v) is 15.1. The van der Waals surface area contributed by atoms with Crippen LogP contribution in [0.15, 0.2) is 34.7 Å². The second kappa shape index (κ2) is 7.63. The van der Waals surface area contributed by atoms with Crippen molar-refractivity contribution in [1.29, 1.82) is 0 Å². The monoisotopic (exact) mass is 373 g/mol. The molecule has 8 nitrogen and oxygen atoms in total. The molecule has 3 heterocycles. The summed E-state index contributed by atoms with van der Waals surface area (Å²) in [6, 6.07) is 3.36. The van der Waals surface area contributed by atoms with Gasteiger partial charge in [0, 0.05) is 30.9 Å². The van der Waals surface area contributed by atoms with Gasteiger partial charge in [-0.1, -0.05) is 0 Å². The Kier molecular flexibility index (Phi) is 5.29. The molecule has 3 aromatic rings. The van der Waals surface area contributed by atoms with Gasteiger partial charge in [-0.05, 0) is 32.0 Å². The summed E-state index contributed by atoms with van der Waals surface area (Å²) in [5.74, 6) is -0.564. The highest BCUT2D eigenvalue weighted by Gasteiger charge is 2.18. The molecule has 0 aliphatic heterocycles. The largest absolute Gasteiger partial charge is 0.477 e. The summed E-state index contributed by atoms with van der Waals surface area (Å²) in [5, 5.41) is 11.9. The van der Waals surface area contributed by atoms with Gasteiger partial charge in [0.25, 0.3) is 0 Å². The Labute approximate surface area is 153 Å². The lowest BCUT2D eigenvalue weighted by Crippen LogP contribution is -2.27. The zero-order chi connectivity index (χ0) is 18.7. The molecule has 0 spiro atoms. The van der Waals surface area contributed by atoms with Crippen LogP contribution in [0.4, 0.5) is 5.82 Å². The standard InChI is InChI=1S/C17H19N5O3S/c1-2-21(8-3-6-18)13-5-4-11-14(23)12(16(24)25)10-22(15(11)20-13)17-19-7-9-26-17/h4-5,7,9-10H,2-3,6,8,18H2,1H3,(H,24,25). The number of hydrogen-bond acceptors (Lipinski definition) is 7. The second-order valence-electron chi connectivity index (χ2n) is 5.62. The third-order valence-electron chi connectivity index (χ3n) is 4.03. The first kappa shape index (κ1) is 18.0. The molecule has 0 saturated carbocycles. The average molecular weight is 373 g/mol. The minimum Gasteiger partial charge on any atom is -0.477 e. The molecule has 0 aliphatic carbocycles. The number of pyridine rings is 2. The van der Waals surface area contributed by atoms with E-state index in [4.69, 9.17) is 5.73 Å². The van der Waals surface area contributed by atoms with Gasteiger partial charge in [-0.2, -0.15) is 0 Å². The second-order valence-corrected chi connectivity index (χ2v) is 6.50. The number of carbonyl (C=O) groups is 1. The van der Waals surface area contributed by atoms with Crippen LogP contribution < -0.4 is 16.1 Å². The smallest absolute Gasteiger partial charge is 0.341 e. The van der Waals surface area contributed by atoms with Crippen molar-refractivity contribution in [3.8, 4) is 5.13 Å². The molecule has 3 rings (SSSR count). The Balaban J connectivity index is 2.24. The Morgan fingerprint density at radius 2 is 2.23 bits per heavy atom. The lowest BCUT2D eigenvalue weighted by Gasteiger charge is -2.22. The van der Waals surface area contributed by atoms with Crippen LogP contribution in [-0.2, 0) is 0 Å². The van der Waals surface area contributed by atoms with E-state index in [0.717, 1.165) is 19.5 Å². The van der Waals surface area contributed by atoms with Gasteiger partial charge in [0.2, 0.25) is 5.43 Å². The Hall–Kier alpha value is -2.78. The fourth-order valence-electron chi connectivity index (χ4n) is 2.72. The molecule has 9 heteroatoms. The van der Waals surface area contributed by atoms with E-state index in [9.17, 15) is 14.7 Å². The molecule has 136 valence electrons. The normalized spacial score (nSPS) is 11.0. The number of aromatic nitrogens is 3. The summed E-state index contributed by atoms with van der Waals surface area (Å²) >= 11 is 1.34. The SMILES string of the molecule is CCN(CCCN)c1ccc2c(=O)c(C(=O)O)cn(-c3nccs3)c2n1. The number of aromatic carboxylic acids is 1. The van der Waals surface area contributed by atoms with Gasteiger partial charge < -0.3 is 15.7 Å². The van der Waals surface area contributed by atoms with E-state index in [1.165, 1.54) is 17.5 Å². The fraction of sp³-hybridized carbons (Fsp3) is 0.294. The molecule has 3 aromatic heterocycles. The van der Waals surface area contributed by atoms with Crippen LogP contribution in [0, 0.1) is 0 Å². The number of fused-ring (bicyclic) bond motifs is 1. The Bertz CT molecular complexity index is 984. The van der Waals surface area contributed by atoms with E-state index in [1.807, 2.05) is 6.92 Å². The third kappa shape index (κ3) is 3.31. The molecule has 0 atom stereocenters. The van der Waals surface area contributed by atoms with Crippen molar-refractivity contribution < 1.29 is 9.90 Å². The topological polar surface area (TPSA) is 114 Å². The minimum absolute atomic E-state index is 0.249. The van der Waals surface area contributed by atoms with Crippen LogP contribution in [0.1, 0.15) is 23.7 Å². The van der Waals surface area contributed by atoms with Crippen LogP contribution in [0.3, 0.4) is 0 Å². The van der Waals surface area contributed by atoms with Gasteiger partial charge >= 0.3 is 5.97 Å². The number of thiazole rings is 1. The number of nitrogens with zero attached hydrogens (tertiary/aromatic N) is 4. The van der Waals surface area contributed by atoms with Crippen LogP contribution in [0.25, 0.3) is 16.2 Å². The molecule has 0 amide bonds. The lowest BCUT2D eigenvalue weighted by molar-refractivity contribution is 0.0695. The summed E-state index contributed by atoms with van der Waals surface area (Å²) in [6.45, 7) is 4.09. The average Bonchev–Trinajstić information content (AvgIpc) is 3.17. The maximum absolute atomic E-state index is 12.5. The Morgan fingerprint density at radius 3 is 2.85 bits per heavy atom. The number of hydrogen-bond donors (Lipinski definition) is 2. The molecule has 0 unspecified atom stereocenters. The van der Waals surface area contributed by atoms with E-state index in [2.05, 4.69) is 14.9 Å². The van der Waals surface area contributed by atoms with Crippen molar-refractivity contribution in [1.82, 2.24) is 14.5 Å². The number of rotatable bonds is 7. The summed E-state index contributed by atoms with van der Waals surface area (Å²) < 4.78 is 1.56. The number of carboxylic acid groups (broad SMARTS) is 1. The predicted octanol–water partition coefficient (Wildman–Crippen LogP) is 1.72. The molecule has 0 saturated heterocycles. The third-order valence-corrected chi connectivity index (χ3v) is 4.80. The van der Waals surface area contributed by atoms with Crippen LogP contribution in [0.2, 0.25) is 0 Å². The molecule has 0 aromatic carbocycles. The molecular weight excluding hydrogens is 354 g/mol. The van der Waals surface area contributed by atoms with Crippen molar-refractivity contribution in [2.75, 3.05) is 24.5 Å². The summed E-state index contributed by atoms with van der Waals surface area (Å²) in [5.41, 5.74) is 5.13. The first-order chi connectivity index (χ1) is 12.6. The lowest BCUT2D eigenvalue weighted by atomic mass is 10.2. The van der Waals surface area contributed by atoms with E-state index in [1.54, 1.807) is 28.3 Å². The van der Waals surface area contributed by atoms with Crippen LogP contribution in [0.5, 0.6) is 0 Å². The molecule has 0 fully saturated rings. The van der Waals surface area contributed by atoms with E-state index >= 15 is 0 Å². The van der Waals surface area contributed by atoms with Crippen molar-refractivity contribution >= 4 is 34.2 Å². The predicted molar refractivity (Wildman–Crippen MR) is 102 cm³/mol. The van der Waals surface area contributed by atoms with Crippen LogP contribution in [-0.4, -0.2) is 45.2 Å². The van der Waals surface area contributed by atoms with E-state index < -0.39 is 11.4 Å². The minimum atomic E-state index is -1.27. The molecule has 0 aliphatic rings. The van der Waals surface area contributed by atoms with Crippen LogP contribution >= 0.6 is 11.3 Å². The zero-order valence-electron chi connectivity index (χ0n) is 14.3.